The Morgan fingerprint density at radius 2 is 1.14 bits per heavy atom. The molecule has 0 saturated carbocycles. The number of aliphatic hydroxyl groups excluding tert-OH is 1. The largest absolute Gasteiger partial charge is 0.400 e. The maximum atomic E-state index is 9.58. The fourth-order valence-electron chi connectivity index (χ4n) is 0. The Labute approximate surface area is 59.7 Å². The molecule has 0 aliphatic rings. The van der Waals surface area contributed by atoms with Crippen molar-refractivity contribution in [1.29, 1.82) is 0 Å². The summed E-state index contributed by atoms with van der Waals surface area (Å²) in [6.45, 7) is -3.08. The van der Waals surface area contributed by atoms with E-state index in [1.165, 1.54) is 0 Å². The molecular formula is C2H4CdF3O-. The van der Waals surface area contributed by atoms with Gasteiger partial charge in [-0.05, 0) is 0 Å². The fourth-order valence-corrected chi connectivity index (χ4v) is 0. The molecule has 0 atom stereocenters. The van der Waals surface area contributed by atoms with Gasteiger partial charge >= 0.3 is 0 Å². The first-order valence-corrected chi connectivity index (χ1v) is 1.01. The Bertz CT molecular complexity index is 17.7. The van der Waals surface area contributed by atoms with Crippen LogP contribution in [0.3, 0.4) is 0 Å². The summed E-state index contributed by atoms with van der Waals surface area (Å²) in [7, 11) is 1.00. The molecule has 0 unspecified atom stereocenters. The van der Waals surface area contributed by atoms with Crippen LogP contribution in [0.15, 0.2) is 0 Å². The van der Waals surface area contributed by atoms with Gasteiger partial charge in [0.2, 0.25) is 0 Å². The first kappa shape index (κ1) is 15.6. The quantitative estimate of drug-likeness (QED) is 0.469. The summed E-state index contributed by atoms with van der Waals surface area (Å²) in [5.74, 6) is 0. The van der Waals surface area contributed by atoms with Crippen LogP contribution in [-0.2, 0) is 27.3 Å². The van der Waals surface area contributed by atoms with Crippen LogP contribution < -0.4 is 0 Å². The zero-order valence-corrected chi connectivity index (χ0v) is 7.82. The van der Waals surface area contributed by atoms with E-state index in [0.717, 1.165) is 7.11 Å². The van der Waals surface area contributed by atoms with Gasteiger partial charge in [0.15, 0.2) is 6.68 Å². The Balaban J connectivity index is -0.0000000480. The molecule has 0 fully saturated rings. The van der Waals surface area contributed by atoms with Gasteiger partial charge in [0, 0.05) is 34.4 Å². The van der Waals surface area contributed by atoms with Crippen molar-refractivity contribution in [3.8, 4) is 0 Å². The number of halogens is 3. The molecule has 1 N–H and O–H groups in total. The van der Waals surface area contributed by atoms with Crippen molar-refractivity contribution in [2.45, 2.75) is 0 Å². The zero-order chi connectivity index (χ0) is 5.58. The molecule has 0 aromatic carbocycles. The molecule has 42 valence electrons. The predicted molar refractivity (Wildman–Crippen MR) is 14.7 cm³/mol. The van der Waals surface area contributed by atoms with E-state index >= 15 is 0 Å². The Morgan fingerprint density at radius 1 is 1.14 bits per heavy atom. The van der Waals surface area contributed by atoms with Gasteiger partial charge < -0.3 is 18.3 Å². The van der Waals surface area contributed by atoms with Crippen LogP contribution in [0.4, 0.5) is 13.2 Å². The van der Waals surface area contributed by atoms with Crippen LogP contribution in [-0.4, -0.2) is 12.2 Å². The molecule has 7 heavy (non-hydrogen) atoms. The SMILES string of the molecule is CO.F[C-](F)F.[Cd]. The minimum atomic E-state index is -3.08. The summed E-state index contributed by atoms with van der Waals surface area (Å²) in [6, 6.07) is 0. The maximum absolute atomic E-state index is 9.58. The molecule has 0 aromatic heterocycles. The van der Waals surface area contributed by atoms with E-state index in [-0.39, 0.29) is 27.3 Å². The van der Waals surface area contributed by atoms with Gasteiger partial charge in [-0.3, -0.25) is 0 Å². The Morgan fingerprint density at radius 3 is 1.14 bits per heavy atom. The van der Waals surface area contributed by atoms with Gasteiger partial charge in [-0.25, -0.2) is 0 Å². The molecule has 1 nitrogen and oxygen atoms in total. The van der Waals surface area contributed by atoms with E-state index in [4.69, 9.17) is 5.11 Å². The second-order valence-corrected chi connectivity index (χ2v) is 0.214. The average molecular weight is 213 g/mol. The number of rotatable bonds is 0. The van der Waals surface area contributed by atoms with Crippen LogP contribution in [0, 0.1) is 6.68 Å². The summed E-state index contributed by atoms with van der Waals surface area (Å²) in [4.78, 5) is 0. The van der Waals surface area contributed by atoms with E-state index < -0.39 is 6.68 Å². The molecular weight excluding hydrogens is 209 g/mol. The van der Waals surface area contributed by atoms with Gasteiger partial charge in [0.05, 0.1) is 0 Å². The van der Waals surface area contributed by atoms with Gasteiger partial charge in [0.25, 0.3) is 0 Å². The first-order valence-electron chi connectivity index (χ1n) is 1.01. The summed E-state index contributed by atoms with van der Waals surface area (Å²) in [6.07, 6.45) is 0. The normalized spacial score (nSPS) is 6.00. The van der Waals surface area contributed by atoms with Gasteiger partial charge in [-0.15, -0.1) is 0 Å². The summed E-state index contributed by atoms with van der Waals surface area (Å²) >= 11 is 0. The van der Waals surface area contributed by atoms with E-state index in [1.54, 1.807) is 0 Å². The standard InChI is InChI=1S/CF3.CH4O.Cd/c2-1(3)4;1-2;/h;2H,1H3;/q-1;;. The molecule has 0 heterocycles. The van der Waals surface area contributed by atoms with Crippen molar-refractivity contribution in [2.75, 3.05) is 7.11 Å². The molecule has 0 aliphatic carbocycles. The van der Waals surface area contributed by atoms with Crippen LogP contribution in [0.5, 0.6) is 0 Å². The van der Waals surface area contributed by atoms with Crippen molar-refractivity contribution < 1.29 is 45.6 Å². The summed E-state index contributed by atoms with van der Waals surface area (Å²) in [5.41, 5.74) is 0. The molecule has 0 saturated heterocycles. The average Bonchev–Trinajstić information content (AvgIpc) is 1.41. The molecule has 0 spiro atoms. The molecule has 0 rings (SSSR count). The second kappa shape index (κ2) is 15.9. The van der Waals surface area contributed by atoms with Crippen molar-refractivity contribution in [2.24, 2.45) is 0 Å². The van der Waals surface area contributed by atoms with E-state index in [2.05, 4.69) is 0 Å². The Hall–Kier alpha value is 0.672. The van der Waals surface area contributed by atoms with E-state index in [0.29, 0.717) is 0 Å². The molecule has 0 amide bonds. The van der Waals surface area contributed by atoms with Crippen LogP contribution in [0.1, 0.15) is 0 Å². The van der Waals surface area contributed by atoms with Crippen molar-refractivity contribution in [3.05, 3.63) is 6.68 Å². The topological polar surface area (TPSA) is 20.2 Å². The van der Waals surface area contributed by atoms with Crippen molar-refractivity contribution in [1.82, 2.24) is 0 Å². The van der Waals surface area contributed by atoms with Crippen molar-refractivity contribution >= 4 is 0 Å². The van der Waals surface area contributed by atoms with Gasteiger partial charge in [-0.1, -0.05) is 0 Å². The molecule has 5 heteroatoms. The monoisotopic (exact) mass is 215 g/mol. The summed E-state index contributed by atoms with van der Waals surface area (Å²) < 4.78 is 28.8. The minimum Gasteiger partial charge on any atom is -0.400 e. The Kier molecular flexibility index (Phi) is 35.6. The zero-order valence-electron chi connectivity index (χ0n) is 3.79. The van der Waals surface area contributed by atoms with Crippen molar-refractivity contribution in [3.63, 3.8) is 0 Å². The molecule has 0 aromatic rings. The third kappa shape index (κ3) is 322. The number of hydrogen-bond acceptors (Lipinski definition) is 1. The first-order chi connectivity index (χ1) is 2.73. The molecule has 0 radical (unpaired) electrons. The van der Waals surface area contributed by atoms with E-state index in [1.807, 2.05) is 0 Å². The van der Waals surface area contributed by atoms with Gasteiger partial charge in [0.1, 0.15) is 0 Å². The van der Waals surface area contributed by atoms with E-state index in [9.17, 15) is 13.2 Å². The molecule has 0 aliphatic heterocycles. The number of hydrogen-bond donors (Lipinski definition) is 1. The third-order valence-electron chi connectivity index (χ3n) is 0. The van der Waals surface area contributed by atoms with Crippen LogP contribution in [0.25, 0.3) is 0 Å². The smallest absolute Gasteiger partial charge is 0.154 e. The van der Waals surface area contributed by atoms with Gasteiger partial charge in [-0.2, -0.15) is 0 Å². The maximum Gasteiger partial charge on any atom is 0.154 e. The summed E-state index contributed by atoms with van der Waals surface area (Å²) in [5, 5.41) is 7.00. The van der Waals surface area contributed by atoms with Crippen LogP contribution >= 0.6 is 0 Å². The second-order valence-electron chi connectivity index (χ2n) is 0.214. The number of aliphatic hydroxyl groups is 1. The predicted octanol–water partition coefficient (Wildman–Crippen LogP) is 0.948. The molecule has 0 bridgehead atoms. The van der Waals surface area contributed by atoms with Crippen LogP contribution in [0.2, 0.25) is 0 Å². The fraction of sp³-hybridized carbons (Fsp3) is 0.500. The third-order valence-corrected chi connectivity index (χ3v) is 0. The minimum absolute atomic E-state index is 0.